The molecule has 0 bridgehead atoms. The maximum absolute atomic E-state index is 6.03. The number of ether oxygens (including phenoxy) is 1. The molecule has 0 aromatic heterocycles. The van der Waals surface area contributed by atoms with E-state index in [1.165, 1.54) is 0 Å². The molecule has 1 aromatic carbocycles. The van der Waals surface area contributed by atoms with Crippen LogP contribution < -0.4 is 10.1 Å². The number of nitrogens with one attached hydrogen (secondary N) is 1. The predicted molar refractivity (Wildman–Crippen MR) is 68.0 cm³/mol. The summed E-state index contributed by atoms with van der Waals surface area (Å²) in [7, 11) is 3.97. The molecule has 86 valence electrons. The summed E-state index contributed by atoms with van der Waals surface area (Å²) in [6.07, 6.45) is 5.10. The van der Waals surface area contributed by atoms with Gasteiger partial charge in [0.1, 0.15) is 12.4 Å². The molecule has 0 saturated heterocycles. The van der Waals surface area contributed by atoms with Gasteiger partial charge in [-0.05, 0) is 32.3 Å². The molecule has 0 atom stereocenters. The molecule has 0 saturated carbocycles. The third-order valence-electron chi connectivity index (χ3n) is 1.84. The molecule has 0 spiro atoms. The van der Waals surface area contributed by atoms with E-state index in [-0.39, 0.29) is 6.61 Å². The molecule has 0 aliphatic carbocycles. The van der Waals surface area contributed by atoms with Crippen LogP contribution >= 0.6 is 11.6 Å². The van der Waals surface area contributed by atoms with Crippen molar-refractivity contribution in [2.75, 3.05) is 32.7 Å². The van der Waals surface area contributed by atoms with E-state index in [1.54, 1.807) is 6.07 Å². The summed E-state index contributed by atoms with van der Waals surface area (Å²) < 4.78 is 5.26. The average Bonchev–Trinajstić information content (AvgIpc) is 2.25. The zero-order valence-electron chi connectivity index (χ0n) is 9.46. The average molecular weight is 239 g/mol. The lowest BCUT2D eigenvalue weighted by atomic mass is 10.3. The molecule has 1 N–H and O–H groups in total. The van der Waals surface area contributed by atoms with Gasteiger partial charge in [-0.3, -0.25) is 4.90 Å². The van der Waals surface area contributed by atoms with Gasteiger partial charge in [-0.2, -0.15) is 0 Å². The highest BCUT2D eigenvalue weighted by atomic mass is 35.5. The highest BCUT2D eigenvalue weighted by molar-refractivity contribution is 6.32. The lowest BCUT2D eigenvalue weighted by molar-refractivity contribution is 0.370. The highest BCUT2D eigenvalue weighted by Crippen LogP contribution is 2.27. The summed E-state index contributed by atoms with van der Waals surface area (Å²) in [6.45, 7) is 0.977. The zero-order chi connectivity index (χ0) is 12.0. The van der Waals surface area contributed by atoms with E-state index in [9.17, 15) is 0 Å². The van der Waals surface area contributed by atoms with Gasteiger partial charge in [0.15, 0.2) is 0 Å². The zero-order valence-corrected chi connectivity index (χ0v) is 10.2. The summed E-state index contributed by atoms with van der Waals surface area (Å²) in [5, 5.41) is 3.77. The SMILES string of the molecule is C#CCOc1ccc(NCN(C)C)cc1Cl. The smallest absolute Gasteiger partial charge is 0.148 e. The van der Waals surface area contributed by atoms with Gasteiger partial charge in [-0.1, -0.05) is 17.5 Å². The Morgan fingerprint density at radius 2 is 2.25 bits per heavy atom. The molecular formula is C12H15ClN2O. The molecule has 16 heavy (non-hydrogen) atoms. The molecule has 0 aliphatic heterocycles. The van der Waals surface area contributed by atoms with E-state index < -0.39 is 0 Å². The molecule has 4 heteroatoms. The van der Waals surface area contributed by atoms with Crippen LogP contribution in [0.5, 0.6) is 5.75 Å². The number of hydrogen-bond donors (Lipinski definition) is 1. The van der Waals surface area contributed by atoms with Crippen molar-refractivity contribution < 1.29 is 4.74 Å². The van der Waals surface area contributed by atoms with Crippen LogP contribution in [-0.2, 0) is 0 Å². The molecule has 1 rings (SSSR count). The van der Waals surface area contributed by atoms with Crippen LogP contribution in [0.1, 0.15) is 0 Å². The number of nitrogens with zero attached hydrogens (tertiary/aromatic N) is 1. The van der Waals surface area contributed by atoms with E-state index in [4.69, 9.17) is 22.8 Å². The Morgan fingerprint density at radius 3 is 2.81 bits per heavy atom. The fraction of sp³-hybridized carbons (Fsp3) is 0.333. The molecule has 1 aromatic rings. The summed E-state index contributed by atoms with van der Waals surface area (Å²) in [6, 6.07) is 5.52. The maximum Gasteiger partial charge on any atom is 0.148 e. The monoisotopic (exact) mass is 238 g/mol. The minimum Gasteiger partial charge on any atom is -0.479 e. The second-order valence-electron chi connectivity index (χ2n) is 3.55. The van der Waals surface area contributed by atoms with Gasteiger partial charge >= 0.3 is 0 Å². The first kappa shape index (κ1) is 12.7. The number of rotatable bonds is 5. The van der Waals surface area contributed by atoms with Crippen molar-refractivity contribution in [3.8, 4) is 18.1 Å². The molecule has 0 heterocycles. The fourth-order valence-corrected chi connectivity index (χ4v) is 1.33. The van der Waals surface area contributed by atoms with Crippen LogP contribution in [0.15, 0.2) is 18.2 Å². The van der Waals surface area contributed by atoms with Crippen molar-refractivity contribution in [3.05, 3.63) is 23.2 Å². The molecule has 3 nitrogen and oxygen atoms in total. The van der Waals surface area contributed by atoms with Crippen LogP contribution in [0.3, 0.4) is 0 Å². The standard InChI is InChI=1S/C12H15ClN2O/c1-4-7-16-12-6-5-10(8-11(12)13)14-9-15(2)3/h1,5-6,8,14H,7,9H2,2-3H3. The number of terminal acetylenes is 1. The highest BCUT2D eigenvalue weighted by Gasteiger charge is 2.02. The van der Waals surface area contributed by atoms with Gasteiger partial charge in [0, 0.05) is 5.69 Å². The van der Waals surface area contributed by atoms with Crippen LogP contribution in [0.4, 0.5) is 5.69 Å². The summed E-state index contributed by atoms with van der Waals surface area (Å²) >= 11 is 6.03. The van der Waals surface area contributed by atoms with E-state index >= 15 is 0 Å². The summed E-state index contributed by atoms with van der Waals surface area (Å²) in [4.78, 5) is 2.02. The summed E-state index contributed by atoms with van der Waals surface area (Å²) in [5.41, 5.74) is 0.951. The fourth-order valence-electron chi connectivity index (χ4n) is 1.10. The number of halogens is 1. The van der Waals surface area contributed by atoms with E-state index in [2.05, 4.69) is 11.2 Å². The third-order valence-corrected chi connectivity index (χ3v) is 2.14. The van der Waals surface area contributed by atoms with Crippen molar-refractivity contribution in [1.29, 1.82) is 0 Å². The van der Waals surface area contributed by atoms with Gasteiger partial charge in [0.25, 0.3) is 0 Å². The van der Waals surface area contributed by atoms with Crippen molar-refractivity contribution in [2.24, 2.45) is 0 Å². The quantitative estimate of drug-likeness (QED) is 0.629. The van der Waals surface area contributed by atoms with Crippen molar-refractivity contribution in [2.45, 2.75) is 0 Å². The van der Waals surface area contributed by atoms with Crippen LogP contribution in [-0.4, -0.2) is 32.3 Å². The van der Waals surface area contributed by atoms with Gasteiger partial charge in [-0.25, -0.2) is 0 Å². The van der Waals surface area contributed by atoms with E-state index in [1.807, 2.05) is 31.1 Å². The first-order chi connectivity index (χ1) is 7.63. The Labute approximate surface area is 101 Å². The Kier molecular flexibility index (Phi) is 4.97. The minimum absolute atomic E-state index is 0.226. The first-order valence-corrected chi connectivity index (χ1v) is 5.25. The van der Waals surface area contributed by atoms with E-state index in [0.29, 0.717) is 10.8 Å². The largest absolute Gasteiger partial charge is 0.479 e. The van der Waals surface area contributed by atoms with Gasteiger partial charge < -0.3 is 10.1 Å². The van der Waals surface area contributed by atoms with Crippen LogP contribution in [0.25, 0.3) is 0 Å². The lowest BCUT2D eigenvalue weighted by Gasteiger charge is -2.13. The lowest BCUT2D eigenvalue weighted by Crippen LogP contribution is -2.20. The normalized spacial score (nSPS) is 9.94. The molecule has 0 amide bonds. The Bertz CT molecular complexity index is 385. The van der Waals surface area contributed by atoms with Gasteiger partial charge in [-0.15, -0.1) is 6.42 Å². The molecular weight excluding hydrogens is 224 g/mol. The molecule has 0 aliphatic rings. The Hall–Kier alpha value is -1.37. The summed E-state index contributed by atoms with van der Waals surface area (Å²) in [5.74, 6) is 3.00. The molecule has 0 fully saturated rings. The maximum atomic E-state index is 6.03. The third kappa shape index (κ3) is 4.01. The topological polar surface area (TPSA) is 24.5 Å². The minimum atomic E-state index is 0.226. The predicted octanol–water partition coefficient (Wildman–Crippen LogP) is 2.28. The van der Waals surface area contributed by atoms with Crippen molar-refractivity contribution in [1.82, 2.24) is 4.90 Å². The van der Waals surface area contributed by atoms with Crippen molar-refractivity contribution in [3.63, 3.8) is 0 Å². The molecule has 0 radical (unpaired) electrons. The Balaban J connectivity index is 2.64. The van der Waals surface area contributed by atoms with Crippen LogP contribution in [0, 0.1) is 12.3 Å². The van der Waals surface area contributed by atoms with Crippen LogP contribution in [0.2, 0.25) is 5.02 Å². The number of hydrogen-bond acceptors (Lipinski definition) is 3. The van der Waals surface area contributed by atoms with Crippen molar-refractivity contribution >= 4 is 17.3 Å². The second kappa shape index (κ2) is 6.26. The second-order valence-corrected chi connectivity index (χ2v) is 3.96. The van der Waals surface area contributed by atoms with E-state index in [0.717, 1.165) is 12.4 Å². The molecule has 0 unspecified atom stereocenters. The Morgan fingerprint density at radius 1 is 1.50 bits per heavy atom. The number of benzene rings is 1. The number of anilines is 1. The van der Waals surface area contributed by atoms with Gasteiger partial charge in [0.2, 0.25) is 0 Å². The van der Waals surface area contributed by atoms with Gasteiger partial charge in [0.05, 0.1) is 11.7 Å². The first-order valence-electron chi connectivity index (χ1n) is 4.88.